The number of rotatable bonds is 5. The first-order chi connectivity index (χ1) is 13.3. The van der Waals surface area contributed by atoms with E-state index in [0.29, 0.717) is 5.02 Å². The second-order valence-corrected chi connectivity index (χ2v) is 7.50. The zero-order chi connectivity index (χ0) is 18.5. The van der Waals surface area contributed by atoms with Crippen LogP contribution >= 0.6 is 22.9 Å². The Morgan fingerprint density at radius 1 is 1.07 bits per heavy atom. The van der Waals surface area contributed by atoms with E-state index in [9.17, 15) is 0 Å². The van der Waals surface area contributed by atoms with Crippen LogP contribution < -0.4 is 10.3 Å². The Bertz CT molecular complexity index is 905. The van der Waals surface area contributed by atoms with Gasteiger partial charge >= 0.3 is 0 Å². The molecule has 1 N–H and O–H groups in total. The smallest absolute Gasteiger partial charge is 0.186 e. The first-order valence-electron chi connectivity index (χ1n) is 8.73. The lowest BCUT2D eigenvalue weighted by Gasteiger charge is -2.26. The van der Waals surface area contributed by atoms with Crippen molar-refractivity contribution in [3.63, 3.8) is 0 Å². The molecule has 1 fully saturated rings. The number of thiazole rings is 1. The van der Waals surface area contributed by atoms with Crippen LogP contribution in [0, 0.1) is 0 Å². The van der Waals surface area contributed by atoms with Crippen molar-refractivity contribution in [1.82, 2.24) is 4.98 Å². The minimum atomic E-state index is 0.702. The van der Waals surface area contributed by atoms with Gasteiger partial charge in [0, 0.05) is 23.7 Å². The summed E-state index contributed by atoms with van der Waals surface area (Å²) in [5.74, 6) is 0. The molecule has 0 spiro atoms. The predicted molar refractivity (Wildman–Crippen MR) is 113 cm³/mol. The number of anilines is 2. The molecule has 0 aliphatic carbocycles. The molecule has 0 bridgehead atoms. The highest BCUT2D eigenvalue weighted by Crippen LogP contribution is 2.32. The van der Waals surface area contributed by atoms with E-state index >= 15 is 0 Å². The first kappa shape index (κ1) is 18.0. The van der Waals surface area contributed by atoms with Gasteiger partial charge in [-0.15, -0.1) is 0 Å². The molecule has 1 saturated heterocycles. The quantitative estimate of drug-likeness (QED) is 0.498. The van der Waals surface area contributed by atoms with E-state index < -0.39 is 0 Å². The van der Waals surface area contributed by atoms with Crippen LogP contribution in [0.2, 0.25) is 5.02 Å². The Kier molecular flexibility index (Phi) is 5.67. The van der Waals surface area contributed by atoms with Gasteiger partial charge in [-0.1, -0.05) is 53.3 Å². The molecule has 2 aromatic carbocycles. The van der Waals surface area contributed by atoms with Crippen LogP contribution in [-0.2, 0) is 4.74 Å². The molecule has 5 nitrogen and oxygen atoms in total. The minimum absolute atomic E-state index is 0.702. The van der Waals surface area contributed by atoms with Gasteiger partial charge in [0.1, 0.15) is 0 Å². The number of aromatic nitrogens is 1. The Hall–Kier alpha value is -2.41. The number of hydrazone groups is 1. The van der Waals surface area contributed by atoms with Crippen LogP contribution in [0.4, 0.5) is 10.8 Å². The van der Waals surface area contributed by atoms with Crippen LogP contribution in [0.3, 0.4) is 0 Å². The first-order valence-corrected chi connectivity index (χ1v) is 9.92. The Labute approximate surface area is 167 Å². The predicted octanol–water partition coefficient (Wildman–Crippen LogP) is 4.75. The summed E-state index contributed by atoms with van der Waals surface area (Å²) in [6, 6.07) is 17.6. The maximum absolute atomic E-state index is 5.92. The fraction of sp³-hybridized carbons (Fsp3) is 0.200. The topological polar surface area (TPSA) is 49.8 Å². The summed E-state index contributed by atoms with van der Waals surface area (Å²) in [4.78, 5) is 8.18. The minimum Gasteiger partial charge on any atom is -0.378 e. The molecule has 0 saturated carbocycles. The highest BCUT2D eigenvalue weighted by molar-refractivity contribution is 7.17. The summed E-state index contributed by atoms with van der Waals surface area (Å²) >= 11 is 7.57. The average Bonchev–Trinajstić information content (AvgIpc) is 3.15. The molecule has 27 heavy (non-hydrogen) atoms. The molecule has 0 unspecified atom stereocenters. The highest BCUT2D eigenvalue weighted by Gasteiger charge is 2.18. The molecule has 1 aliphatic rings. The highest BCUT2D eigenvalue weighted by atomic mass is 35.5. The number of benzene rings is 2. The van der Waals surface area contributed by atoms with E-state index in [1.807, 2.05) is 48.7 Å². The fourth-order valence-corrected chi connectivity index (χ4v) is 3.93. The van der Waals surface area contributed by atoms with Gasteiger partial charge in [-0.2, -0.15) is 5.10 Å². The monoisotopic (exact) mass is 398 g/mol. The normalized spacial score (nSPS) is 14.6. The number of nitrogens with one attached hydrogen (secondary N) is 1. The number of morpholine rings is 1. The molecular formula is C20H19ClN4OS. The lowest BCUT2D eigenvalue weighted by Crippen LogP contribution is -2.36. The molecule has 1 aromatic heterocycles. The lowest BCUT2D eigenvalue weighted by atomic mass is 10.1. The van der Waals surface area contributed by atoms with E-state index in [1.165, 1.54) is 0 Å². The summed E-state index contributed by atoms with van der Waals surface area (Å²) in [5, 5.41) is 6.10. The van der Waals surface area contributed by atoms with E-state index in [1.54, 1.807) is 11.3 Å². The summed E-state index contributed by atoms with van der Waals surface area (Å²) in [6.07, 6.45) is 1.83. The van der Waals surface area contributed by atoms with Gasteiger partial charge in [0.15, 0.2) is 5.13 Å². The summed E-state index contributed by atoms with van der Waals surface area (Å²) in [6.45, 7) is 3.20. The number of halogens is 1. The zero-order valence-electron chi connectivity index (χ0n) is 14.6. The van der Waals surface area contributed by atoms with Crippen molar-refractivity contribution in [3.8, 4) is 11.3 Å². The van der Waals surface area contributed by atoms with Crippen molar-refractivity contribution < 1.29 is 4.74 Å². The van der Waals surface area contributed by atoms with Crippen LogP contribution in [0.15, 0.2) is 59.7 Å². The zero-order valence-corrected chi connectivity index (χ0v) is 16.2. The third-order valence-corrected chi connectivity index (χ3v) is 5.49. The Morgan fingerprint density at radius 2 is 1.81 bits per heavy atom. The fourth-order valence-electron chi connectivity index (χ4n) is 2.79. The van der Waals surface area contributed by atoms with Gasteiger partial charge in [-0.25, -0.2) is 4.98 Å². The maximum Gasteiger partial charge on any atom is 0.186 e. The summed E-state index contributed by atoms with van der Waals surface area (Å²) in [5.41, 5.74) is 5.96. The molecule has 1 aliphatic heterocycles. The third kappa shape index (κ3) is 4.47. The maximum atomic E-state index is 5.92. The third-order valence-electron chi connectivity index (χ3n) is 4.19. The number of hydrogen-bond donors (Lipinski definition) is 1. The van der Waals surface area contributed by atoms with Crippen LogP contribution in [0.1, 0.15) is 4.88 Å². The molecule has 7 heteroatoms. The van der Waals surface area contributed by atoms with Gasteiger partial charge in [0.05, 0.1) is 35.7 Å². The van der Waals surface area contributed by atoms with Crippen molar-refractivity contribution in [2.75, 3.05) is 36.6 Å². The molecule has 4 rings (SSSR count). The van der Waals surface area contributed by atoms with E-state index in [0.717, 1.165) is 53.3 Å². The number of nitrogens with zero attached hydrogens (tertiary/aromatic N) is 3. The second-order valence-electron chi connectivity index (χ2n) is 6.05. The number of hydrogen-bond acceptors (Lipinski definition) is 6. The van der Waals surface area contributed by atoms with Gasteiger partial charge in [0.25, 0.3) is 0 Å². The van der Waals surface area contributed by atoms with Crippen molar-refractivity contribution >= 4 is 40.0 Å². The standard InChI is InChI=1S/C20H19ClN4OS/c21-16-6-8-17(9-7-16)24-22-14-18-19(15-4-2-1-3-5-15)23-20(27-18)25-10-12-26-13-11-25/h1-9,14,24H,10-13H2/b22-14+. The van der Waals surface area contributed by atoms with E-state index in [-0.39, 0.29) is 0 Å². The largest absolute Gasteiger partial charge is 0.378 e. The van der Waals surface area contributed by atoms with Crippen LogP contribution in [-0.4, -0.2) is 37.5 Å². The van der Waals surface area contributed by atoms with Gasteiger partial charge in [-0.05, 0) is 24.3 Å². The molecule has 2 heterocycles. The lowest BCUT2D eigenvalue weighted by molar-refractivity contribution is 0.122. The Morgan fingerprint density at radius 3 is 2.56 bits per heavy atom. The van der Waals surface area contributed by atoms with Crippen LogP contribution in [0.5, 0.6) is 0 Å². The SMILES string of the molecule is Clc1ccc(N/N=C/c2sc(N3CCOCC3)nc2-c2ccccc2)cc1. The van der Waals surface area contributed by atoms with E-state index in [2.05, 4.69) is 27.6 Å². The van der Waals surface area contributed by atoms with Crippen molar-refractivity contribution in [1.29, 1.82) is 0 Å². The van der Waals surface area contributed by atoms with Gasteiger partial charge in [-0.3, -0.25) is 5.43 Å². The van der Waals surface area contributed by atoms with Gasteiger partial charge < -0.3 is 9.64 Å². The second kappa shape index (κ2) is 8.52. The molecule has 0 amide bonds. The molecule has 0 atom stereocenters. The Balaban J connectivity index is 1.60. The molecule has 0 radical (unpaired) electrons. The van der Waals surface area contributed by atoms with E-state index in [4.69, 9.17) is 21.3 Å². The van der Waals surface area contributed by atoms with Crippen molar-refractivity contribution in [2.45, 2.75) is 0 Å². The van der Waals surface area contributed by atoms with Crippen LogP contribution in [0.25, 0.3) is 11.3 Å². The summed E-state index contributed by atoms with van der Waals surface area (Å²) < 4.78 is 5.45. The van der Waals surface area contributed by atoms with Crippen molar-refractivity contribution in [2.24, 2.45) is 5.10 Å². The average molecular weight is 399 g/mol. The molecular weight excluding hydrogens is 380 g/mol. The molecule has 3 aromatic rings. The van der Waals surface area contributed by atoms with Crippen molar-refractivity contribution in [3.05, 3.63) is 64.5 Å². The number of ether oxygens (including phenoxy) is 1. The van der Waals surface area contributed by atoms with Gasteiger partial charge in [0.2, 0.25) is 0 Å². The molecule has 138 valence electrons. The summed E-state index contributed by atoms with van der Waals surface area (Å²) in [7, 11) is 0.